The van der Waals surface area contributed by atoms with E-state index in [0.29, 0.717) is 18.0 Å². The molecule has 8 rings (SSSR count). The van der Waals surface area contributed by atoms with Crippen LogP contribution in [0.4, 0.5) is 0 Å². The van der Waals surface area contributed by atoms with E-state index in [1.807, 2.05) is 15.9 Å². The molecule has 5 aromatic heterocycles. The second kappa shape index (κ2) is 8.01. The van der Waals surface area contributed by atoms with Gasteiger partial charge in [0, 0.05) is 28.1 Å². The van der Waals surface area contributed by atoms with E-state index in [4.69, 9.17) is 4.98 Å². The second-order valence-electron chi connectivity index (χ2n) is 11.5. The molecule has 6 aromatic rings. The van der Waals surface area contributed by atoms with Gasteiger partial charge in [-0.25, -0.2) is 14.5 Å². The van der Waals surface area contributed by atoms with Crippen molar-refractivity contribution in [3.05, 3.63) is 59.3 Å². The Hall–Kier alpha value is -3.49. The predicted octanol–water partition coefficient (Wildman–Crippen LogP) is 7.04. The summed E-state index contributed by atoms with van der Waals surface area (Å²) in [6, 6.07) is 9.96. The molecule has 2 fully saturated rings. The van der Waals surface area contributed by atoms with Crippen molar-refractivity contribution in [2.75, 3.05) is 0 Å². The van der Waals surface area contributed by atoms with Gasteiger partial charge in [0.15, 0.2) is 5.65 Å². The number of piperidine rings is 1. The summed E-state index contributed by atoms with van der Waals surface area (Å²) in [4.78, 5) is 19.4. The number of fused-ring (bicyclic) bond motifs is 5. The van der Waals surface area contributed by atoms with Gasteiger partial charge in [-0.3, -0.25) is 0 Å². The van der Waals surface area contributed by atoms with Crippen LogP contribution >= 0.6 is 11.3 Å². The van der Waals surface area contributed by atoms with Crippen molar-refractivity contribution in [3.8, 4) is 21.7 Å². The summed E-state index contributed by atoms with van der Waals surface area (Å²) in [5.74, 6) is 2.20. The molecule has 2 aliphatic rings. The van der Waals surface area contributed by atoms with Gasteiger partial charge in [-0.1, -0.05) is 19.9 Å². The molecule has 1 aliphatic heterocycles. The van der Waals surface area contributed by atoms with E-state index in [0.717, 1.165) is 39.5 Å². The lowest BCUT2D eigenvalue weighted by Crippen LogP contribution is -2.29. The normalized spacial score (nSPS) is 21.2. The van der Waals surface area contributed by atoms with Crippen LogP contribution < -0.4 is 5.32 Å². The number of aryl methyl sites for hydroxylation is 2. The monoisotopic (exact) mass is 521 g/mol. The van der Waals surface area contributed by atoms with Crippen LogP contribution in [0, 0.1) is 19.8 Å². The second-order valence-corrected chi connectivity index (χ2v) is 12.6. The minimum atomic E-state index is 0.374. The van der Waals surface area contributed by atoms with Crippen LogP contribution in [0.15, 0.2) is 36.8 Å². The third-order valence-electron chi connectivity index (χ3n) is 8.77. The van der Waals surface area contributed by atoms with Crippen LogP contribution in [0.25, 0.3) is 48.6 Å². The smallest absolute Gasteiger partial charge is 0.158 e. The van der Waals surface area contributed by atoms with Crippen molar-refractivity contribution in [2.24, 2.45) is 5.92 Å². The topological polar surface area (TPSA) is 86.7 Å². The van der Waals surface area contributed by atoms with Gasteiger partial charge in [0.1, 0.15) is 17.0 Å². The zero-order valence-corrected chi connectivity index (χ0v) is 22.9. The van der Waals surface area contributed by atoms with E-state index in [9.17, 15) is 0 Å². The van der Waals surface area contributed by atoms with Crippen LogP contribution in [-0.4, -0.2) is 35.6 Å². The van der Waals surface area contributed by atoms with Crippen LogP contribution in [-0.2, 0) is 0 Å². The van der Waals surface area contributed by atoms with E-state index < -0.39 is 0 Å². The Morgan fingerprint density at radius 1 is 1.08 bits per heavy atom. The number of benzene rings is 1. The molecule has 8 heteroatoms. The maximum atomic E-state index is 4.98. The zero-order chi connectivity index (χ0) is 25.7. The number of thiophene rings is 1. The zero-order valence-electron chi connectivity index (χ0n) is 22.1. The number of hydrogen-bond acceptors (Lipinski definition) is 5. The molecule has 192 valence electrons. The molecule has 0 amide bonds. The molecule has 0 spiro atoms. The molecule has 1 saturated heterocycles. The molecular formula is C30H31N7S. The first-order valence-corrected chi connectivity index (χ1v) is 14.5. The van der Waals surface area contributed by atoms with Crippen molar-refractivity contribution in [1.82, 2.24) is 34.9 Å². The number of aromatic nitrogens is 6. The van der Waals surface area contributed by atoms with Crippen LogP contribution in [0.2, 0.25) is 0 Å². The van der Waals surface area contributed by atoms with Gasteiger partial charge in [-0.15, -0.1) is 11.3 Å². The maximum absolute atomic E-state index is 4.98. The minimum absolute atomic E-state index is 0.374. The van der Waals surface area contributed by atoms with Crippen LogP contribution in [0.5, 0.6) is 0 Å². The molecule has 0 radical (unpaired) electrons. The molecule has 7 nitrogen and oxygen atoms in total. The Kier molecular flexibility index (Phi) is 4.74. The Bertz CT molecular complexity index is 1870. The first-order chi connectivity index (χ1) is 18.4. The van der Waals surface area contributed by atoms with E-state index >= 15 is 0 Å². The number of imidazole rings is 1. The molecule has 0 unspecified atom stereocenters. The Balaban J connectivity index is 1.22. The van der Waals surface area contributed by atoms with E-state index in [-0.39, 0.29) is 0 Å². The summed E-state index contributed by atoms with van der Waals surface area (Å²) in [7, 11) is 0. The number of nitrogens with zero attached hydrogens (tertiary/aromatic N) is 4. The number of hydrogen-bond donors (Lipinski definition) is 3. The van der Waals surface area contributed by atoms with Crippen molar-refractivity contribution < 1.29 is 0 Å². The minimum Gasteiger partial charge on any atom is -0.346 e. The fraction of sp³-hybridized carbons (Fsp3) is 0.367. The van der Waals surface area contributed by atoms with Gasteiger partial charge in [0.05, 0.1) is 22.8 Å². The highest BCUT2D eigenvalue weighted by molar-refractivity contribution is 7.22. The molecule has 1 aliphatic carbocycles. The number of nitrogens with one attached hydrogen (secondary N) is 3. The van der Waals surface area contributed by atoms with E-state index in [2.05, 4.69) is 83.5 Å². The van der Waals surface area contributed by atoms with Crippen molar-refractivity contribution in [1.29, 1.82) is 0 Å². The molecular weight excluding hydrogens is 490 g/mol. The quantitative estimate of drug-likeness (QED) is 0.232. The summed E-state index contributed by atoms with van der Waals surface area (Å²) >= 11 is 1.85. The fourth-order valence-corrected chi connectivity index (χ4v) is 8.25. The van der Waals surface area contributed by atoms with Gasteiger partial charge < -0.3 is 15.3 Å². The highest BCUT2D eigenvalue weighted by Crippen LogP contribution is 2.46. The van der Waals surface area contributed by atoms with Gasteiger partial charge in [0.2, 0.25) is 0 Å². The summed E-state index contributed by atoms with van der Waals surface area (Å²) in [5, 5.41) is 9.53. The van der Waals surface area contributed by atoms with Gasteiger partial charge in [-0.05, 0) is 85.4 Å². The van der Waals surface area contributed by atoms with Gasteiger partial charge >= 0.3 is 0 Å². The van der Waals surface area contributed by atoms with Crippen LogP contribution in [0.1, 0.15) is 67.6 Å². The fourth-order valence-electron chi connectivity index (χ4n) is 7.02. The number of aromatic amines is 2. The highest BCUT2D eigenvalue weighted by Gasteiger charge is 2.41. The first-order valence-electron chi connectivity index (χ1n) is 13.7. The predicted molar refractivity (Wildman–Crippen MR) is 154 cm³/mol. The van der Waals surface area contributed by atoms with Gasteiger partial charge in [0.25, 0.3) is 0 Å². The lowest BCUT2D eigenvalue weighted by atomic mass is 9.95. The largest absolute Gasteiger partial charge is 0.346 e. The Labute approximate surface area is 224 Å². The van der Waals surface area contributed by atoms with Crippen molar-refractivity contribution >= 4 is 38.2 Å². The first kappa shape index (κ1) is 22.5. The summed E-state index contributed by atoms with van der Waals surface area (Å²) in [6.45, 7) is 8.93. The van der Waals surface area contributed by atoms with Crippen molar-refractivity contribution in [3.63, 3.8) is 0 Å². The lowest BCUT2D eigenvalue weighted by molar-refractivity contribution is 0.380. The standard InChI is InChI=1S/C30H31N7S/c1-14(2)23-24-16(4)27(38-30(24)36-25(23)19-9-15(3)29-31-13-32-37(29)12-19)18-6-8-21-22(11-18)35-28(34-21)26-17-5-7-20(10-17)33-26/h6,8-9,11-14,17,20,26,33,36H,5,7,10H2,1-4H3,(H,34,35)/t17-,20+,26-/m0/s1. The summed E-state index contributed by atoms with van der Waals surface area (Å²) in [5.41, 5.74) is 10.5. The average molecular weight is 522 g/mol. The Morgan fingerprint density at radius 2 is 1.97 bits per heavy atom. The summed E-state index contributed by atoms with van der Waals surface area (Å²) in [6.07, 6.45) is 7.62. The maximum Gasteiger partial charge on any atom is 0.158 e. The molecule has 3 atom stereocenters. The van der Waals surface area contributed by atoms with Crippen LogP contribution in [0.3, 0.4) is 0 Å². The average Bonchev–Trinajstić information content (AvgIpc) is 3.73. The number of rotatable bonds is 4. The van der Waals surface area contributed by atoms with Gasteiger partial charge in [-0.2, -0.15) is 5.10 Å². The Morgan fingerprint density at radius 3 is 2.76 bits per heavy atom. The third kappa shape index (κ3) is 3.20. The molecule has 38 heavy (non-hydrogen) atoms. The molecule has 1 aromatic carbocycles. The number of H-pyrrole nitrogens is 2. The molecule has 1 saturated carbocycles. The third-order valence-corrected chi connectivity index (χ3v) is 10.0. The van der Waals surface area contributed by atoms with E-state index in [1.54, 1.807) is 6.33 Å². The lowest BCUT2D eigenvalue weighted by Gasteiger charge is -2.20. The highest BCUT2D eigenvalue weighted by atomic mass is 32.1. The molecule has 3 N–H and O–H groups in total. The molecule has 2 bridgehead atoms. The number of pyridine rings is 1. The SMILES string of the molecule is Cc1c(-c2ccc3nc([C@H]4N[C@@H]5CC[C@H]4C5)[nH]c3c2)sc2[nH]c(-c3cc(C)c4ncnn4c3)c(C(C)C)c12. The van der Waals surface area contributed by atoms with E-state index in [1.165, 1.54) is 56.7 Å². The van der Waals surface area contributed by atoms with Crippen molar-refractivity contribution in [2.45, 2.75) is 65.0 Å². The molecule has 6 heterocycles. The summed E-state index contributed by atoms with van der Waals surface area (Å²) < 4.78 is 1.88.